The molecule has 0 N–H and O–H groups in total. The van der Waals surface area contributed by atoms with Crippen molar-refractivity contribution in [3.63, 3.8) is 0 Å². The van der Waals surface area contributed by atoms with E-state index in [1.165, 1.54) is 6.08 Å². The van der Waals surface area contributed by atoms with Crippen molar-refractivity contribution in [2.24, 2.45) is 11.8 Å². The molecule has 2 aliphatic rings. The van der Waals surface area contributed by atoms with Crippen molar-refractivity contribution < 1.29 is 13.2 Å². The Morgan fingerprint density at radius 2 is 2.19 bits per heavy atom. The summed E-state index contributed by atoms with van der Waals surface area (Å²) < 4.78 is 38.5. The van der Waals surface area contributed by atoms with Crippen LogP contribution in [0.15, 0.2) is 23.8 Å². The summed E-state index contributed by atoms with van der Waals surface area (Å²) in [6.45, 7) is 4.25. The molecule has 16 heavy (non-hydrogen) atoms. The molecule has 1 aliphatic carbocycles. The van der Waals surface area contributed by atoms with Gasteiger partial charge >= 0.3 is 6.18 Å². The molecular weight excluding hydrogens is 215 g/mol. The van der Waals surface area contributed by atoms with Gasteiger partial charge in [-0.3, -0.25) is 0 Å². The molecule has 1 heterocycles. The predicted molar refractivity (Wildman–Crippen MR) is 57.0 cm³/mol. The molecular formula is C12H16F3N. The van der Waals surface area contributed by atoms with Gasteiger partial charge in [-0.1, -0.05) is 30.7 Å². The predicted octanol–water partition coefficient (Wildman–Crippen LogP) is 3.00. The molecule has 4 heteroatoms. The molecule has 0 aromatic carbocycles. The smallest absolute Gasteiger partial charge is 0.303 e. The molecule has 1 nitrogen and oxygen atoms in total. The van der Waals surface area contributed by atoms with E-state index in [0.29, 0.717) is 6.54 Å². The Hall–Kier alpha value is -0.770. The lowest BCUT2D eigenvalue weighted by Crippen LogP contribution is -2.43. The summed E-state index contributed by atoms with van der Waals surface area (Å²) in [6, 6.07) is 0. The van der Waals surface area contributed by atoms with Crippen LogP contribution in [0, 0.1) is 11.8 Å². The molecule has 1 fully saturated rings. The molecule has 2 rings (SSSR count). The Kier molecular flexibility index (Phi) is 3.10. The van der Waals surface area contributed by atoms with E-state index in [2.05, 4.69) is 4.90 Å². The molecule has 90 valence electrons. The van der Waals surface area contributed by atoms with Crippen LogP contribution in [0.1, 0.15) is 13.3 Å². The van der Waals surface area contributed by atoms with Crippen LogP contribution in [-0.4, -0.2) is 30.7 Å². The SMILES string of the molecule is CCN1CCC2=CC=CC(C(F)(F)F)C2C1. The van der Waals surface area contributed by atoms with E-state index in [0.717, 1.165) is 25.1 Å². The quantitative estimate of drug-likeness (QED) is 0.670. The summed E-state index contributed by atoms with van der Waals surface area (Å²) in [6.07, 6.45) is 1.38. The number of nitrogens with zero attached hydrogens (tertiary/aromatic N) is 1. The maximum absolute atomic E-state index is 12.8. The largest absolute Gasteiger partial charge is 0.395 e. The van der Waals surface area contributed by atoms with Gasteiger partial charge in [-0.25, -0.2) is 0 Å². The number of piperidine rings is 1. The van der Waals surface area contributed by atoms with Crippen LogP contribution < -0.4 is 0 Å². The van der Waals surface area contributed by atoms with Crippen molar-refractivity contribution >= 4 is 0 Å². The van der Waals surface area contributed by atoms with Gasteiger partial charge in [0.1, 0.15) is 0 Å². The minimum atomic E-state index is -4.11. The molecule has 1 saturated heterocycles. The second kappa shape index (κ2) is 4.24. The summed E-state index contributed by atoms with van der Waals surface area (Å²) in [7, 11) is 0. The minimum absolute atomic E-state index is 0.362. The highest BCUT2D eigenvalue weighted by Gasteiger charge is 2.46. The van der Waals surface area contributed by atoms with Crippen molar-refractivity contribution in [3.8, 4) is 0 Å². The van der Waals surface area contributed by atoms with Crippen LogP contribution in [-0.2, 0) is 0 Å². The third-order valence-electron chi connectivity index (χ3n) is 3.54. The van der Waals surface area contributed by atoms with Crippen molar-refractivity contribution in [3.05, 3.63) is 23.8 Å². The Labute approximate surface area is 93.6 Å². The zero-order chi connectivity index (χ0) is 11.8. The van der Waals surface area contributed by atoms with Gasteiger partial charge in [0.25, 0.3) is 0 Å². The van der Waals surface area contributed by atoms with Gasteiger partial charge < -0.3 is 4.90 Å². The van der Waals surface area contributed by atoms with Gasteiger partial charge in [0.2, 0.25) is 0 Å². The molecule has 0 amide bonds. The topological polar surface area (TPSA) is 3.24 Å². The number of allylic oxidation sites excluding steroid dienone is 3. The maximum atomic E-state index is 12.8. The first kappa shape index (κ1) is 11.7. The fraction of sp³-hybridized carbons (Fsp3) is 0.667. The highest BCUT2D eigenvalue weighted by atomic mass is 19.4. The van der Waals surface area contributed by atoms with Crippen molar-refractivity contribution in [2.45, 2.75) is 19.5 Å². The van der Waals surface area contributed by atoms with Crippen LogP contribution in [0.4, 0.5) is 13.2 Å². The van der Waals surface area contributed by atoms with Crippen molar-refractivity contribution in [2.75, 3.05) is 19.6 Å². The van der Waals surface area contributed by atoms with Crippen LogP contribution in [0.3, 0.4) is 0 Å². The lowest BCUT2D eigenvalue weighted by molar-refractivity contribution is -0.174. The standard InChI is InChI=1S/C12H16F3N/c1-2-16-7-6-9-4-3-5-11(10(9)8-16)12(13,14)15/h3-5,10-11H,2,6-8H2,1H3. The van der Waals surface area contributed by atoms with E-state index in [1.807, 2.05) is 13.0 Å². The van der Waals surface area contributed by atoms with E-state index in [1.54, 1.807) is 6.08 Å². The van der Waals surface area contributed by atoms with Crippen LogP contribution in [0.2, 0.25) is 0 Å². The Balaban J connectivity index is 2.18. The monoisotopic (exact) mass is 231 g/mol. The van der Waals surface area contributed by atoms with Crippen molar-refractivity contribution in [1.82, 2.24) is 4.90 Å². The number of halogens is 3. The van der Waals surface area contributed by atoms with Gasteiger partial charge in [0.15, 0.2) is 0 Å². The minimum Gasteiger partial charge on any atom is -0.303 e. The third kappa shape index (κ3) is 2.17. The lowest BCUT2D eigenvalue weighted by Gasteiger charge is -2.39. The van der Waals surface area contributed by atoms with Gasteiger partial charge in [-0.15, -0.1) is 0 Å². The zero-order valence-corrected chi connectivity index (χ0v) is 9.30. The maximum Gasteiger partial charge on any atom is 0.395 e. The normalized spacial score (nSPS) is 31.1. The second-order valence-corrected chi connectivity index (χ2v) is 4.44. The van der Waals surface area contributed by atoms with Gasteiger partial charge in [-0.2, -0.15) is 13.2 Å². The van der Waals surface area contributed by atoms with Gasteiger partial charge in [0, 0.05) is 19.0 Å². The van der Waals surface area contributed by atoms with Gasteiger partial charge in [-0.05, 0) is 13.0 Å². The number of hydrogen-bond donors (Lipinski definition) is 0. The number of hydrogen-bond acceptors (Lipinski definition) is 1. The average molecular weight is 231 g/mol. The first-order valence-corrected chi connectivity index (χ1v) is 5.68. The molecule has 0 saturated carbocycles. The van der Waals surface area contributed by atoms with Gasteiger partial charge in [0.05, 0.1) is 5.92 Å². The third-order valence-corrected chi connectivity index (χ3v) is 3.54. The number of alkyl halides is 3. The molecule has 0 aromatic heterocycles. The summed E-state index contributed by atoms with van der Waals surface area (Å²) >= 11 is 0. The molecule has 0 bridgehead atoms. The Bertz CT molecular complexity index is 317. The Morgan fingerprint density at radius 1 is 1.44 bits per heavy atom. The van der Waals surface area contributed by atoms with E-state index in [-0.39, 0.29) is 5.92 Å². The highest BCUT2D eigenvalue weighted by molar-refractivity contribution is 5.26. The number of fused-ring (bicyclic) bond motifs is 1. The second-order valence-electron chi connectivity index (χ2n) is 4.44. The fourth-order valence-electron chi connectivity index (χ4n) is 2.57. The van der Waals surface area contributed by atoms with E-state index in [9.17, 15) is 13.2 Å². The first-order chi connectivity index (χ1) is 7.52. The van der Waals surface area contributed by atoms with E-state index in [4.69, 9.17) is 0 Å². The Morgan fingerprint density at radius 3 is 2.81 bits per heavy atom. The van der Waals surface area contributed by atoms with Crippen LogP contribution >= 0.6 is 0 Å². The molecule has 2 atom stereocenters. The molecule has 0 aromatic rings. The fourth-order valence-corrected chi connectivity index (χ4v) is 2.57. The number of rotatable bonds is 1. The van der Waals surface area contributed by atoms with Crippen LogP contribution in [0.5, 0.6) is 0 Å². The van der Waals surface area contributed by atoms with Crippen LogP contribution in [0.25, 0.3) is 0 Å². The van der Waals surface area contributed by atoms with E-state index >= 15 is 0 Å². The van der Waals surface area contributed by atoms with E-state index < -0.39 is 12.1 Å². The zero-order valence-electron chi connectivity index (χ0n) is 9.30. The summed E-state index contributed by atoms with van der Waals surface area (Å²) in [5.74, 6) is -1.65. The summed E-state index contributed by atoms with van der Waals surface area (Å²) in [5, 5.41) is 0. The first-order valence-electron chi connectivity index (χ1n) is 5.68. The molecule has 0 radical (unpaired) electrons. The van der Waals surface area contributed by atoms with Crippen molar-refractivity contribution in [1.29, 1.82) is 0 Å². The summed E-state index contributed by atoms with van der Waals surface area (Å²) in [5.41, 5.74) is 0.967. The highest BCUT2D eigenvalue weighted by Crippen LogP contribution is 2.41. The summed E-state index contributed by atoms with van der Waals surface area (Å²) in [4.78, 5) is 2.10. The molecule has 1 aliphatic heterocycles. The number of likely N-dealkylation sites (tertiary alicyclic amines) is 1. The molecule has 2 unspecified atom stereocenters. The average Bonchev–Trinajstić information content (AvgIpc) is 2.26. The lowest BCUT2D eigenvalue weighted by atomic mass is 9.78. The molecule has 0 spiro atoms.